The fourth-order valence-electron chi connectivity index (χ4n) is 5.26. The molecule has 3 aromatic carbocycles. The van der Waals surface area contributed by atoms with Gasteiger partial charge in [0.1, 0.15) is 11.6 Å². The molecule has 2 fully saturated rings. The van der Waals surface area contributed by atoms with Crippen molar-refractivity contribution in [3.05, 3.63) is 78.1 Å². The second kappa shape index (κ2) is 9.47. The highest BCUT2D eigenvalue weighted by atomic mass is 19.1. The number of carbonyl (C=O) groups is 2. The maximum atomic E-state index is 13.4. The fraction of sp³-hybridized carbons (Fsp3) is 0.300. The number of imidazole rings is 1. The van der Waals surface area contributed by atoms with Crippen LogP contribution in [0.2, 0.25) is 0 Å². The van der Waals surface area contributed by atoms with Crippen molar-refractivity contribution < 1.29 is 18.7 Å². The van der Waals surface area contributed by atoms with E-state index >= 15 is 0 Å². The van der Waals surface area contributed by atoms with Crippen LogP contribution in [0.5, 0.6) is 0 Å². The van der Waals surface area contributed by atoms with Crippen LogP contribution in [0.4, 0.5) is 4.39 Å². The summed E-state index contributed by atoms with van der Waals surface area (Å²) in [5, 5.41) is 0. The van der Waals surface area contributed by atoms with E-state index in [2.05, 4.69) is 4.57 Å². The third kappa shape index (κ3) is 4.61. The second-order valence-electron chi connectivity index (χ2n) is 10.0. The Kier molecular flexibility index (Phi) is 5.99. The number of hydrogen-bond acceptors (Lipinski definition) is 4. The van der Waals surface area contributed by atoms with Gasteiger partial charge in [-0.15, -0.1) is 0 Å². The lowest BCUT2D eigenvalue weighted by molar-refractivity contribution is -0.131. The molecule has 188 valence electrons. The van der Waals surface area contributed by atoms with E-state index in [1.165, 1.54) is 19.2 Å². The normalized spacial score (nSPS) is 17.4. The summed E-state index contributed by atoms with van der Waals surface area (Å²) in [6.45, 7) is 2.24. The molecule has 1 amide bonds. The van der Waals surface area contributed by atoms with Crippen LogP contribution in [0.1, 0.15) is 29.6 Å². The monoisotopic (exact) mass is 497 g/mol. The van der Waals surface area contributed by atoms with Crippen molar-refractivity contribution in [2.45, 2.75) is 25.8 Å². The number of aromatic nitrogens is 2. The standard InChI is InChI=1S/C30H28FN3O3/c1-37-30(36)24-10-13-26-27(16-24)34(18-19-14-15-33(17-19)29(35)23-6-7-23)28(32-26)22-4-2-20(3-5-22)21-8-11-25(31)12-9-21/h2-5,8-13,16,19,23H,6-7,14-15,17-18H2,1H3/t19-/m1/s1. The van der Waals surface area contributed by atoms with E-state index in [9.17, 15) is 14.0 Å². The van der Waals surface area contributed by atoms with E-state index in [0.717, 1.165) is 65.9 Å². The summed E-state index contributed by atoms with van der Waals surface area (Å²) in [5.41, 5.74) is 5.03. The molecule has 6 nitrogen and oxygen atoms in total. The zero-order chi connectivity index (χ0) is 25.5. The molecule has 0 radical (unpaired) electrons. The lowest BCUT2D eigenvalue weighted by atomic mass is 10.0. The van der Waals surface area contributed by atoms with Gasteiger partial charge >= 0.3 is 5.97 Å². The number of likely N-dealkylation sites (tertiary alicyclic amines) is 1. The number of benzene rings is 3. The topological polar surface area (TPSA) is 64.4 Å². The third-order valence-corrected chi connectivity index (χ3v) is 7.45. The zero-order valence-corrected chi connectivity index (χ0v) is 20.7. The first kappa shape index (κ1) is 23.4. The lowest BCUT2D eigenvalue weighted by Gasteiger charge is -2.18. The highest BCUT2D eigenvalue weighted by Crippen LogP contribution is 2.34. The maximum Gasteiger partial charge on any atom is 0.337 e. The number of methoxy groups -OCH3 is 1. The first-order chi connectivity index (χ1) is 18.0. The van der Waals surface area contributed by atoms with Crippen molar-refractivity contribution in [2.24, 2.45) is 11.8 Å². The van der Waals surface area contributed by atoms with Crippen LogP contribution >= 0.6 is 0 Å². The van der Waals surface area contributed by atoms with Crippen LogP contribution < -0.4 is 0 Å². The van der Waals surface area contributed by atoms with Gasteiger partial charge in [-0.1, -0.05) is 36.4 Å². The number of amides is 1. The van der Waals surface area contributed by atoms with Gasteiger partial charge in [0.15, 0.2) is 0 Å². The van der Waals surface area contributed by atoms with Gasteiger partial charge in [0, 0.05) is 31.1 Å². The SMILES string of the molecule is COC(=O)c1ccc2nc(-c3ccc(-c4ccc(F)cc4)cc3)n(C[C@@H]3CCN(C(=O)C4CC4)C3)c2c1. The Morgan fingerprint density at radius 1 is 0.946 bits per heavy atom. The number of halogens is 1. The minimum Gasteiger partial charge on any atom is -0.465 e. The minimum absolute atomic E-state index is 0.227. The van der Waals surface area contributed by atoms with Gasteiger partial charge in [0.05, 0.1) is 23.7 Å². The number of ether oxygens (including phenoxy) is 1. The van der Waals surface area contributed by atoms with Gasteiger partial charge in [-0.05, 0) is 66.6 Å². The zero-order valence-electron chi connectivity index (χ0n) is 20.7. The molecular weight excluding hydrogens is 469 g/mol. The van der Waals surface area contributed by atoms with Crippen LogP contribution in [-0.4, -0.2) is 46.5 Å². The number of nitrogens with zero attached hydrogens (tertiary/aromatic N) is 3. The highest BCUT2D eigenvalue weighted by molar-refractivity contribution is 5.94. The van der Waals surface area contributed by atoms with Gasteiger partial charge in [-0.25, -0.2) is 14.2 Å². The van der Waals surface area contributed by atoms with Gasteiger partial charge < -0.3 is 14.2 Å². The van der Waals surface area contributed by atoms with Gasteiger partial charge in [0.25, 0.3) is 0 Å². The first-order valence-corrected chi connectivity index (χ1v) is 12.7. The molecule has 2 heterocycles. The van der Waals surface area contributed by atoms with Crippen LogP contribution in [0.15, 0.2) is 66.7 Å². The summed E-state index contributed by atoms with van der Waals surface area (Å²) in [5.74, 6) is 0.994. The molecule has 2 aliphatic rings. The fourth-order valence-corrected chi connectivity index (χ4v) is 5.26. The molecule has 0 bridgehead atoms. The Balaban J connectivity index is 1.35. The van der Waals surface area contributed by atoms with Gasteiger partial charge in [-0.2, -0.15) is 0 Å². The Hall–Kier alpha value is -4.00. The molecule has 1 saturated carbocycles. The van der Waals surface area contributed by atoms with Crippen molar-refractivity contribution >= 4 is 22.9 Å². The van der Waals surface area contributed by atoms with Crippen molar-refractivity contribution in [3.63, 3.8) is 0 Å². The molecule has 1 aromatic heterocycles. The van der Waals surface area contributed by atoms with E-state index < -0.39 is 0 Å². The van der Waals surface area contributed by atoms with E-state index in [0.29, 0.717) is 23.9 Å². The minimum atomic E-state index is -0.387. The van der Waals surface area contributed by atoms with Crippen molar-refractivity contribution in [3.8, 4) is 22.5 Å². The molecule has 1 saturated heterocycles. The largest absolute Gasteiger partial charge is 0.465 e. The van der Waals surface area contributed by atoms with E-state index in [1.54, 1.807) is 18.2 Å². The first-order valence-electron chi connectivity index (χ1n) is 12.7. The molecule has 1 atom stereocenters. The molecule has 37 heavy (non-hydrogen) atoms. The molecule has 7 heteroatoms. The molecule has 0 N–H and O–H groups in total. The van der Waals surface area contributed by atoms with Crippen LogP contribution in [0.25, 0.3) is 33.5 Å². The average molecular weight is 498 g/mol. The molecule has 0 unspecified atom stereocenters. The lowest BCUT2D eigenvalue weighted by Crippen LogP contribution is -2.30. The number of carbonyl (C=O) groups excluding carboxylic acids is 2. The molecule has 6 rings (SSSR count). The number of fused-ring (bicyclic) bond motifs is 1. The molecular formula is C30H28FN3O3. The highest BCUT2D eigenvalue weighted by Gasteiger charge is 2.36. The summed E-state index contributed by atoms with van der Waals surface area (Å²) in [4.78, 5) is 31.8. The summed E-state index contributed by atoms with van der Waals surface area (Å²) >= 11 is 0. The Morgan fingerprint density at radius 2 is 1.62 bits per heavy atom. The number of hydrogen-bond donors (Lipinski definition) is 0. The summed E-state index contributed by atoms with van der Waals surface area (Å²) in [6.07, 6.45) is 2.97. The summed E-state index contributed by atoms with van der Waals surface area (Å²) < 4.78 is 20.5. The predicted octanol–water partition coefficient (Wildman–Crippen LogP) is 5.55. The van der Waals surface area contributed by atoms with E-state index in [-0.39, 0.29) is 17.7 Å². The Morgan fingerprint density at radius 3 is 2.30 bits per heavy atom. The molecule has 1 aliphatic heterocycles. The van der Waals surface area contributed by atoms with Crippen LogP contribution in [0, 0.1) is 17.7 Å². The quantitative estimate of drug-likeness (QED) is 0.328. The summed E-state index contributed by atoms with van der Waals surface area (Å²) in [6, 6.07) is 19.9. The van der Waals surface area contributed by atoms with Crippen LogP contribution in [0.3, 0.4) is 0 Å². The van der Waals surface area contributed by atoms with Crippen molar-refractivity contribution in [2.75, 3.05) is 20.2 Å². The second-order valence-corrected chi connectivity index (χ2v) is 10.0. The van der Waals surface area contributed by atoms with E-state index in [4.69, 9.17) is 9.72 Å². The summed E-state index contributed by atoms with van der Waals surface area (Å²) in [7, 11) is 1.38. The van der Waals surface area contributed by atoms with Crippen molar-refractivity contribution in [1.29, 1.82) is 0 Å². The van der Waals surface area contributed by atoms with Crippen molar-refractivity contribution in [1.82, 2.24) is 14.5 Å². The molecule has 4 aromatic rings. The van der Waals surface area contributed by atoms with E-state index in [1.807, 2.05) is 41.3 Å². The average Bonchev–Trinajstić information content (AvgIpc) is 3.58. The molecule has 0 spiro atoms. The van der Waals surface area contributed by atoms with Crippen LogP contribution in [-0.2, 0) is 16.1 Å². The number of esters is 1. The number of rotatable bonds is 6. The maximum absolute atomic E-state index is 13.4. The smallest absolute Gasteiger partial charge is 0.337 e. The predicted molar refractivity (Wildman–Crippen MR) is 139 cm³/mol. The Bertz CT molecular complexity index is 1470. The van der Waals surface area contributed by atoms with Gasteiger partial charge in [0.2, 0.25) is 5.91 Å². The van der Waals surface area contributed by atoms with Gasteiger partial charge in [-0.3, -0.25) is 4.79 Å². The third-order valence-electron chi connectivity index (χ3n) is 7.45. The Labute approximate surface area is 214 Å². The molecule has 1 aliphatic carbocycles.